The van der Waals surface area contributed by atoms with Crippen molar-refractivity contribution in [1.82, 2.24) is 5.32 Å². The van der Waals surface area contributed by atoms with E-state index < -0.39 is 0 Å². The van der Waals surface area contributed by atoms with Gasteiger partial charge in [0.15, 0.2) is 0 Å². The number of nitrogens with one attached hydrogen (secondary N) is 1. The third-order valence-electron chi connectivity index (χ3n) is 3.60. The molecule has 1 saturated heterocycles. The van der Waals surface area contributed by atoms with Crippen LogP contribution in [0.2, 0.25) is 0 Å². The first kappa shape index (κ1) is 9.22. The molecular formula is C11H19NO. The van der Waals surface area contributed by atoms with Gasteiger partial charge >= 0.3 is 0 Å². The maximum Gasteiger partial charge on any atom is 0.0589 e. The maximum absolute atomic E-state index is 9.86. The van der Waals surface area contributed by atoms with E-state index in [0.29, 0.717) is 5.92 Å². The average molecular weight is 181 g/mol. The lowest BCUT2D eigenvalue weighted by Crippen LogP contribution is -2.37. The predicted molar refractivity (Wildman–Crippen MR) is 53.5 cm³/mol. The summed E-state index contributed by atoms with van der Waals surface area (Å²) >= 11 is 0. The zero-order valence-electron chi connectivity index (χ0n) is 8.13. The van der Waals surface area contributed by atoms with Crippen LogP contribution in [0, 0.1) is 5.92 Å². The topological polar surface area (TPSA) is 32.3 Å². The molecule has 0 aromatic heterocycles. The highest BCUT2D eigenvalue weighted by Crippen LogP contribution is 2.41. The van der Waals surface area contributed by atoms with Crippen LogP contribution in [0.25, 0.3) is 0 Å². The van der Waals surface area contributed by atoms with E-state index in [4.69, 9.17) is 0 Å². The Labute approximate surface area is 80.0 Å². The molecule has 3 atom stereocenters. The molecule has 2 nitrogen and oxygen atoms in total. The van der Waals surface area contributed by atoms with Crippen LogP contribution in [0.15, 0.2) is 12.7 Å². The highest BCUT2D eigenvalue weighted by atomic mass is 16.3. The maximum atomic E-state index is 9.86. The molecular weight excluding hydrogens is 162 g/mol. The Hall–Kier alpha value is -0.340. The SMILES string of the molecule is C=CCC1CC2(CCCN2)CC1O. The van der Waals surface area contributed by atoms with Crippen molar-refractivity contribution in [3.05, 3.63) is 12.7 Å². The molecule has 1 saturated carbocycles. The van der Waals surface area contributed by atoms with Gasteiger partial charge < -0.3 is 10.4 Å². The number of hydrogen-bond acceptors (Lipinski definition) is 2. The smallest absolute Gasteiger partial charge is 0.0589 e. The zero-order valence-corrected chi connectivity index (χ0v) is 8.13. The van der Waals surface area contributed by atoms with Gasteiger partial charge in [-0.2, -0.15) is 0 Å². The van der Waals surface area contributed by atoms with Crippen molar-refractivity contribution in [2.75, 3.05) is 6.54 Å². The minimum atomic E-state index is -0.108. The van der Waals surface area contributed by atoms with Gasteiger partial charge in [0.25, 0.3) is 0 Å². The Morgan fingerprint density at radius 2 is 2.38 bits per heavy atom. The molecule has 2 rings (SSSR count). The Kier molecular flexibility index (Phi) is 2.43. The summed E-state index contributed by atoms with van der Waals surface area (Å²) in [6, 6.07) is 0. The molecule has 2 fully saturated rings. The summed E-state index contributed by atoms with van der Waals surface area (Å²) in [7, 11) is 0. The fourth-order valence-corrected chi connectivity index (χ4v) is 2.96. The molecule has 1 aliphatic carbocycles. The molecule has 0 aromatic carbocycles. The molecule has 1 aliphatic heterocycles. The van der Waals surface area contributed by atoms with Crippen LogP contribution in [0.4, 0.5) is 0 Å². The average Bonchev–Trinajstić information content (AvgIpc) is 2.63. The quantitative estimate of drug-likeness (QED) is 0.632. The van der Waals surface area contributed by atoms with Gasteiger partial charge in [0.2, 0.25) is 0 Å². The molecule has 74 valence electrons. The first-order chi connectivity index (χ1) is 6.26. The number of hydrogen-bond donors (Lipinski definition) is 2. The minimum absolute atomic E-state index is 0.108. The predicted octanol–water partition coefficient (Wildman–Crippen LogP) is 1.46. The van der Waals surface area contributed by atoms with Crippen molar-refractivity contribution >= 4 is 0 Å². The molecule has 2 aliphatic rings. The van der Waals surface area contributed by atoms with Crippen LogP contribution < -0.4 is 5.32 Å². The largest absolute Gasteiger partial charge is 0.393 e. The van der Waals surface area contributed by atoms with E-state index in [-0.39, 0.29) is 11.6 Å². The van der Waals surface area contributed by atoms with Crippen molar-refractivity contribution in [3.8, 4) is 0 Å². The zero-order chi connectivity index (χ0) is 9.31. The van der Waals surface area contributed by atoms with Crippen molar-refractivity contribution in [3.63, 3.8) is 0 Å². The van der Waals surface area contributed by atoms with E-state index in [2.05, 4.69) is 11.9 Å². The van der Waals surface area contributed by atoms with Crippen LogP contribution in [0.1, 0.15) is 32.1 Å². The number of rotatable bonds is 2. The molecule has 0 radical (unpaired) electrons. The summed E-state index contributed by atoms with van der Waals surface area (Å²) in [5.41, 5.74) is 0.285. The van der Waals surface area contributed by atoms with E-state index in [1.165, 1.54) is 12.8 Å². The molecule has 1 heterocycles. The Bertz CT molecular complexity index is 196. The van der Waals surface area contributed by atoms with Gasteiger partial charge in [0, 0.05) is 5.54 Å². The number of aliphatic hydroxyl groups excluding tert-OH is 1. The first-order valence-electron chi connectivity index (χ1n) is 5.30. The Balaban J connectivity index is 2.00. The van der Waals surface area contributed by atoms with Crippen molar-refractivity contribution in [2.24, 2.45) is 5.92 Å². The molecule has 13 heavy (non-hydrogen) atoms. The second-order valence-corrected chi connectivity index (χ2v) is 4.57. The Morgan fingerprint density at radius 1 is 1.54 bits per heavy atom. The molecule has 2 heteroatoms. The second kappa shape index (κ2) is 3.43. The van der Waals surface area contributed by atoms with Gasteiger partial charge in [-0.1, -0.05) is 6.08 Å². The van der Waals surface area contributed by atoms with E-state index in [1.807, 2.05) is 6.08 Å². The van der Waals surface area contributed by atoms with Crippen molar-refractivity contribution < 1.29 is 5.11 Å². The van der Waals surface area contributed by atoms with E-state index in [9.17, 15) is 5.11 Å². The van der Waals surface area contributed by atoms with Crippen LogP contribution in [0.5, 0.6) is 0 Å². The lowest BCUT2D eigenvalue weighted by Gasteiger charge is -2.23. The highest BCUT2D eigenvalue weighted by molar-refractivity contribution is 5.04. The molecule has 1 spiro atoms. The van der Waals surface area contributed by atoms with Crippen LogP contribution in [-0.4, -0.2) is 23.3 Å². The lowest BCUT2D eigenvalue weighted by atomic mass is 9.93. The van der Waals surface area contributed by atoms with E-state index >= 15 is 0 Å². The summed E-state index contributed by atoms with van der Waals surface area (Å²) in [5, 5.41) is 13.4. The first-order valence-corrected chi connectivity index (χ1v) is 5.30. The molecule has 2 N–H and O–H groups in total. The summed E-state index contributed by atoms with van der Waals surface area (Å²) < 4.78 is 0. The van der Waals surface area contributed by atoms with Gasteiger partial charge in [-0.05, 0) is 44.6 Å². The normalized spacial score (nSPS) is 44.4. The van der Waals surface area contributed by atoms with Crippen LogP contribution in [0.3, 0.4) is 0 Å². The van der Waals surface area contributed by atoms with Crippen molar-refractivity contribution in [1.29, 1.82) is 0 Å². The fraction of sp³-hybridized carbons (Fsp3) is 0.818. The molecule has 3 unspecified atom stereocenters. The summed E-state index contributed by atoms with van der Waals surface area (Å²) in [6.45, 7) is 4.87. The minimum Gasteiger partial charge on any atom is -0.393 e. The van der Waals surface area contributed by atoms with E-state index in [1.54, 1.807) is 0 Å². The van der Waals surface area contributed by atoms with Crippen LogP contribution >= 0.6 is 0 Å². The van der Waals surface area contributed by atoms with Gasteiger partial charge in [0.1, 0.15) is 0 Å². The van der Waals surface area contributed by atoms with Gasteiger partial charge in [0.05, 0.1) is 6.10 Å². The second-order valence-electron chi connectivity index (χ2n) is 4.57. The highest BCUT2D eigenvalue weighted by Gasteiger charge is 2.45. The lowest BCUT2D eigenvalue weighted by molar-refractivity contribution is 0.130. The molecule has 0 aromatic rings. The third kappa shape index (κ3) is 1.65. The molecule has 0 amide bonds. The molecule has 0 bridgehead atoms. The summed E-state index contributed by atoms with van der Waals surface area (Å²) in [5.74, 6) is 0.447. The fourth-order valence-electron chi connectivity index (χ4n) is 2.96. The Morgan fingerprint density at radius 3 is 3.00 bits per heavy atom. The summed E-state index contributed by atoms with van der Waals surface area (Å²) in [6.07, 6.45) is 7.40. The monoisotopic (exact) mass is 181 g/mol. The van der Waals surface area contributed by atoms with Gasteiger partial charge in [-0.3, -0.25) is 0 Å². The number of aliphatic hydroxyl groups is 1. The van der Waals surface area contributed by atoms with E-state index in [0.717, 1.165) is 25.8 Å². The third-order valence-corrected chi connectivity index (χ3v) is 3.60. The van der Waals surface area contributed by atoms with Crippen molar-refractivity contribution in [2.45, 2.75) is 43.7 Å². The van der Waals surface area contributed by atoms with Gasteiger partial charge in [-0.25, -0.2) is 0 Å². The standard InChI is InChI=1S/C11H19NO/c1-2-4-9-7-11(8-10(9)13)5-3-6-12-11/h2,9-10,12-13H,1,3-8H2. The van der Waals surface area contributed by atoms with Gasteiger partial charge in [-0.15, -0.1) is 6.58 Å². The number of allylic oxidation sites excluding steroid dienone is 1. The summed E-state index contributed by atoms with van der Waals surface area (Å²) in [4.78, 5) is 0. The van der Waals surface area contributed by atoms with Crippen LogP contribution in [-0.2, 0) is 0 Å².